The lowest BCUT2D eigenvalue weighted by Crippen LogP contribution is -2.40. The fourth-order valence-electron chi connectivity index (χ4n) is 1.97. The van der Waals surface area contributed by atoms with Crippen molar-refractivity contribution in [2.24, 2.45) is 0 Å². The molecule has 1 heterocycles. The molecule has 106 valence electrons. The summed E-state index contributed by atoms with van der Waals surface area (Å²) in [4.78, 5) is 2.32. The minimum absolute atomic E-state index is 0.0907. The van der Waals surface area contributed by atoms with Gasteiger partial charge >= 0.3 is 0 Å². The summed E-state index contributed by atoms with van der Waals surface area (Å²) in [5.74, 6) is 0.921. The van der Waals surface area contributed by atoms with Crippen molar-refractivity contribution in [2.75, 3.05) is 6.54 Å². The SMILES string of the molecule is C=CCN(Cc1cc(CNC2CC2)no1)C(C)(C)C. The number of nitrogens with zero attached hydrogens (tertiary/aromatic N) is 2. The van der Waals surface area contributed by atoms with E-state index in [1.807, 2.05) is 6.08 Å². The zero-order valence-corrected chi connectivity index (χ0v) is 12.3. The van der Waals surface area contributed by atoms with E-state index >= 15 is 0 Å². The molecule has 0 aliphatic heterocycles. The van der Waals surface area contributed by atoms with Crippen molar-refractivity contribution in [1.29, 1.82) is 0 Å². The fraction of sp³-hybridized carbons (Fsp3) is 0.667. The molecule has 0 unspecified atom stereocenters. The van der Waals surface area contributed by atoms with Gasteiger partial charge in [-0.25, -0.2) is 0 Å². The molecule has 1 fully saturated rings. The third-order valence-electron chi connectivity index (χ3n) is 3.40. The van der Waals surface area contributed by atoms with Crippen LogP contribution in [0.2, 0.25) is 0 Å². The Labute approximate surface area is 115 Å². The molecule has 0 spiro atoms. The lowest BCUT2D eigenvalue weighted by Gasteiger charge is -2.33. The van der Waals surface area contributed by atoms with E-state index in [-0.39, 0.29) is 5.54 Å². The van der Waals surface area contributed by atoms with Gasteiger partial charge in [0, 0.05) is 30.7 Å². The van der Waals surface area contributed by atoms with Gasteiger partial charge in [-0.2, -0.15) is 0 Å². The molecule has 4 heteroatoms. The summed E-state index contributed by atoms with van der Waals surface area (Å²) in [6, 6.07) is 2.75. The van der Waals surface area contributed by atoms with Gasteiger partial charge in [0.05, 0.1) is 12.2 Å². The minimum Gasteiger partial charge on any atom is -0.360 e. The molecule has 0 aromatic carbocycles. The van der Waals surface area contributed by atoms with Crippen LogP contribution in [0.15, 0.2) is 23.2 Å². The lowest BCUT2D eigenvalue weighted by atomic mass is 10.1. The first-order valence-corrected chi connectivity index (χ1v) is 7.03. The van der Waals surface area contributed by atoms with E-state index in [4.69, 9.17) is 4.52 Å². The van der Waals surface area contributed by atoms with E-state index in [1.54, 1.807) is 0 Å². The Balaban J connectivity index is 1.90. The van der Waals surface area contributed by atoms with Crippen LogP contribution in [0.1, 0.15) is 45.1 Å². The second kappa shape index (κ2) is 5.88. The molecule has 0 radical (unpaired) electrons. The van der Waals surface area contributed by atoms with Crippen LogP contribution < -0.4 is 5.32 Å². The van der Waals surface area contributed by atoms with Gasteiger partial charge in [-0.15, -0.1) is 6.58 Å². The van der Waals surface area contributed by atoms with Crippen LogP contribution in [-0.4, -0.2) is 28.2 Å². The zero-order chi connectivity index (χ0) is 13.9. The van der Waals surface area contributed by atoms with Crippen molar-refractivity contribution >= 4 is 0 Å². The van der Waals surface area contributed by atoms with Gasteiger partial charge in [-0.05, 0) is 33.6 Å². The predicted molar refractivity (Wildman–Crippen MR) is 76.7 cm³/mol. The maximum atomic E-state index is 5.42. The van der Waals surface area contributed by atoms with Gasteiger partial charge in [-0.1, -0.05) is 11.2 Å². The van der Waals surface area contributed by atoms with E-state index in [0.29, 0.717) is 6.04 Å². The van der Waals surface area contributed by atoms with E-state index in [0.717, 1.165) is 31.1 Å². The largest absolute Gasteiger partial charge is 0.360 e. The Morgan fingerprint density at radius 3 is 2.84 bits per heavy atom. The van der Waals surface area contributed by atoms with Crippen LogP contribution in [0.25, 0.3) is 0 Å². The highest BCUT2D eigenvalue weighted by Gasteiger charge is 2.23. The molecule has 1 aliphatic rings. The molecule has 0 saturated heterocycles. The van der Waals surface area contributed by atoms with Crippen LogP contribution >= 0.6 is 0 Å². The number of nitrogens with one attached hydrogen (secondary N) is 1. The van der Waals surface area contributed by atoms with Gasteiger partial charge in [0.1, 0.15) is 0 Å². The summed E-state index contributed by atoms with van der Waals surface area (Å²) in [7, 11) is 0. The standard InChI is InChI=1S/C15H25N3O/c1-5-8-18(15(2,3)4)11-14-9-13(17-19-14)10-16-12-6-7-12/h5,9,12,16H,1,6-8,10-11H2,2-4H3. The van der Waals surface area contributed by atoms with Crippen LogP contribution in [0.4, 0.5) is 0 Å². The summed E-state index contributed by atoms with van der Waals surface area (Å²) in [5.41, 5.74) is 1.09. The Bertz CT molecular complexity index is 415. The van der Waals surface area contributed by atoms with E-state index < -0.39 is 0 Å². The van der Waals surface area contributed by atoms with Gasteiger partial charge < -0.3 is 9.84 Å². The lowest BCUT2D eigenvalue weighted by molar-refractivity contribution is 0.130. The Hall–Kier alpha value is -1.13. The Morgan fingerprint density at radius 2 is 2.26 bits per heavy atom. The van der Waals surface area contributed by atoms with Gasteiger partial charge in [0.2, 0.25) is 0 Å². The summed E-state index contributed by atoms with van der Waals surface area (Å²) in [6.45, 7) is 12.8. The summed E-state index contributed by atoms with van der Waals surface area (Å²) >= 11 is 0. The molecule has 1 saturated carbocycles. The smallest absolute Gasteiger partial charge is 0.151 e. The highest BCUT2D eigenvalue weighted by molar-refractivity contribution is 5.06. The third-order valence-corrected chi connectivity index (χ3v) is 3.40. The van der Waals surface area contributed by atoms with Crippen LogP contribution in [0, 0.1) is 0 Å². The normalized spacial score (nSPS) is 16.0. The maximum Gasteiger partial charge on any atom is 0.151 e. The molecule has 4 nitrogen and oxygen atoms in total. The van der Waals surface area contributed by atoms with E-state index in [1.165, 1.54) is 12.8 Å². The second-order valence-corrected chi connectivity index (χ2v) is 6.28. The van der Waals surface area contributed by atoms with E-state index in [2.05, 4.69) is 48.8 Å². The molecule has 19 heavy (non-hydrogen) atoms. The molecule has 1 aromatic heterocycles. The average molecular weight is 263 g/mol. The van der Waals surface area contributed by atoms with Crippen LogP contribution in [0.5, 0.6) is 0 Å². The molecular formula is C15H25N3O. The molecule has 2 rings (SSSR count). The maximum absolute atomic E-state index is 5.42. The van der Waals surface area contributed by atoms with Crippen molar-refractivity contribution in [3.05, 3.63) is 30.2 Å². The first-order chi connectivity index (χ1) is 8.99. The first-order valence-electron chi connectivity index (χ1n) is 7.03. The van der Waals surface area contributed by atoms with Gasteiger partial charge in [0.25, 0.3) is 0 Å². The number of rotatable bonds is 7. The first kappa shape index (κ1) is 14.3. The second-order valence-electron chi connectivity index (χ2n) is 6.28. The quantitative estimate of drug-likeness (QED) is 0.768. The fourth-order valence-corrected chi connectivity index (χ4v) is 1.97. The third kappa shape index (κ3) is 4.48. The number of aromatic nitrogens is 1. The summed E-state index contributed by atoms with van der Waals surface area (Å²) < 4.78 is 5.42. The zero-order valence-electron chi connectivity index (χ0n) is 12.3. The monoisotopic (exact) mass is 263 g/mol. The van der Waals surface area contributed by atoms with Crippen LogP contribution in [0.3, 0.4) is 0 Å². The van der Waals surface area contributed by atoms with E-state index in [9.17, 15) is 0 Å². The summed E-state index contributed by atoms with van der Waals surface area (Å²) in [5, 5.41) is 7.56. The molecule has 0 amide bonds. The van der Waals surface area contributed by atoms with Crippen molar-refractivity contribution in [3.8, 4) is 0 Å². The van der Waals surface area contributed by atoms with Crippen molar-refractivity contribution in [2.45, 2.75) is 58.3 Å². The number of hydrogen-bond acceptors (Lipinski definition) is 4. The Morgan fingerprint density at radius 1 is 1.53 bits per heavy atom. The number of hydrogen-bond donors (Lipinski definition) is 1. The highest BCUT2D eigenvalue weighted by atomic mass is 16.5. The molecule has 0 atom stereocenters. The van der Waals surface area contributed by atoms with Crippen molar-refractivity contribution in [1.82, 2.24) is 15.4 Å². The molecule has 1 aliphatic carbocycles. The van der Waals surface area contributed by atoms with Gasteiger partial charge in [-0.3, -0.25) is 4.90 Å². The molecule has 0 bridgehead atoms. The Kier molecular flexibility index (Phi) is 4.42. The van der Waals surface area contributed by atoms with Crippen LogP contribution in [-0.2, 0) is 13.1 Å². The minimum atomic E-state index is 0.0907. The van der Waals surface area contributed by atoms with Gasteiger partial charge in [0.15, 0.2) is 5.76 Å². The topological polar surface area (TPSA) is 41.3 Å². The average Bonchev–Trinajstić information content (AvgIpc) is 3.05. The molecule has 1 N–H and O–H groups in total. The van der Waals surface area contributed by atoms with Crippen molar-refractivity contribution in [3.63, 3.8) is 0 Å². The predicted octanol–water partition coefficient (Wildman–Crippen LogP) is 2.71. The highest BCUT2D eigenvalue weighted by Crippen LogP contribution is 2.20. The molecular weight excluding hydrogens is 238 g/mol. The van der Waals surface area contributed by atoms with Crippen molar-refractivity contribution < 1.29 is 4.52 Å². The molecule has 1 aromatic rings. The summed E-state index contributed by atoms with van der Waals surface area (Å²) in [6.07, 6.45) is 4.51.